The monoisotopic (exact) mass is 349 g/mol. The highest BCUT2D eigenvalue weighted by Crippen LogP contribution is 2.19. The van der Waals surface area contributed by atoms with Crippen molar-refractivity contribution in [2.75, 3.05) is 6.54 Å². The van der Waals surface area contributed by atoms with Crippen molar-refractivity contribution >= 4 is 11.7 Å². The fourth-order valence-corrected chi connectivity index (χ4v) is 3.63. The Labute approximate surface area is 155 Å². The smallest absolute Gasteiger partial charge is 0.220 e. The molecule has 1 unspecified atom stereocenters. The number of allylic oxidation sites excluding steroid dienone is 1. The van der Waals surface area contributed by atoms with Crippen LogP contribution >= 0.6 is 0 Å². The van der Waals surface area contributed by atoms with E-state index < -0.39 is 0 Å². The molecule has 0 bridgehead atoms. The van der Waals surface area contributed by atoms with Crippen LogP contribution in [-0.2, 0) is 9.59 Å². The first kappa shape index (κ1) is 21.9. The second kappa shape index (κ2) is 15.2. The lowest BCUT2D eigenvalue weighted by Gasteiger charge is -2.11. The van der Waals surface area contributed by atoms with Crippen LogP contribution in [-0.4, -0.2) is 18.2 Å². The minimum Gasteiger partial charge on any atom is -0.356 e. The molecule has 1 aliphatic heterocycles. The quantitative estimate of drug-likeness (QED) is 0.303. The highest BCUT2D eigenvalue weighted by atomic mass is 16.2. The first-order valence-corrected chi connectivity index (χ1v) is 10.6. The van der Waals surface area contributed by atoms with Gasteiger partial charge in [-0.15, -0.1) is 6.58 Å². The van der Waals surface area contributed by atoms with Gasteiger partial charge < -0.3 is 5.32 Å². The van der Waals surface area contributed by atoms with Crippen LogP contribution in [0.3, 0.4) is 0 Å². The minimum absolute atomic E-state index is 0.0195. The molecule has 1 rings (SSSR count). The van der Waals surface area contributed by atoms with Gasteiger partial charge in [-0.2, -0.15) is 0 Å². The van der Waals surface area contributed by atoms with Crippen LogP contribution in [0.4, 0.5) is 0 Å². The van der Waals surface area contributed by atoms with E-state index in [1.165, 1.54) is 57.8 Å². The average molecular weight is 350 g/mol. The van der Waals surface area contributed by atoms with Crippen LogP contribution in [0.25, 0.3) is 0 Å². The molecular weight excluding hydrogens is 310 g/mol. The lowest BCUT2D eigenvalue weighted by molar-refractivity contribution is -0.128. The van der Waals surface area contributed by atoms with E-state index in [-0.39, 0.29) is 11.8 Å². The number of hydrogen-bond acceptors (Lipinski definition) is 2. The highest BCUT2D eigenvalue weighted by Gasteiger charge is 2.23. The third kappa shape index (κ3) is 12.0. The molecular formula is C22H39NO2. The predicted octanol–water partition coefficient (Wildman–Crippen LogP) is 5.73. The molecule has 1 atom stereocenters. The second-order valence-corrected chi connectivity index (χ2v) is 7.58. The lowest BCUT2D eigenvalue weighted by Crippen LogP contribution is -2.24. The first-order valence-electron chi connectivity index (χ1n) is 10.6. The number of unbranched alkanes of at least 4 members (excludes halogenated alkanes) is 11. The van der Waals surface area contributed by atoms with Gasteiger partial charge in [0.25, 0.3) is 0 Å². The lowest BCUT2D eigenvalue weighted by atomic mass is 9.92. The molecule has 0 aromatic rings. The third-order valence-corrected chi connectivity index (χ3v) is 5.27. The van der Waals surface area contributed by atoms with E-state index in [4.69, 9.17) is 0 Å². The van der Waals surface area contributed by atoms with Gasteiger partial charge in [-0.05, 0) is 32.1 Å². The van der Waals surface area contributed by atoms with Crippen molar-refractivity contribution < 1.29 is 9.59 Å². The van der Waals surface area contributed by atoms with Gasteiger partial charge in [0.15, 0.2) is 0 Å². The van der Waals surface area contributed by atoms with Gasteiger partial charge in [0.1, 0.15) is 5.78 Å². The van der Waals surface area contributed by atoms with E-state index in [0.717, 1.165) is 38.6 Å². The number of rotatable bonds is 15. The standard InChI is InChI=1S/C22H39NO2/c1-2-3-4-5-6-7-8-9-10-11-12-13-14-17-21(24)20-16-15-18-23-22(25)19-20/h2,20H,1,3-19H2,(H,23,25). The summed E-state index contributed by atoms with van der Waals surface area (Å²) in [6.45, 7) is 4.49. The van der Waals surface area contributed by atoms with Crippen molar-refractivity contribution in [1.29, 1.82) is 0 Å². The summed E-state index contributed by atoms with van der Waals surface area (Å²) in [5.41, 5.74) is 0. The van der Waals surface area contributed by atoms with Gasteiger partial charge in [-0.1, -0.05) is 63.9 Å². The summed E-state index contributed by atoms with van der Waals surface area (Å²) < 4.78 is 0. The van der Waals surface area contributed by atoms with Gasteiger partial charge in [0, 0.05) is 25.3 Å². The van der Waals surface area contributed by atoms with Gasteiger partial charge in [-0.25, -0.2) is 0 Å². The summed E-state index contributed by atoms with van der Waals surface area (Å²) >= 11 is 0. The Morgan fingerprint density at radius 1 is 0.960 bits per heavy atom. The van der Waals surface area contributed by atoms with E-state index in [1.807, 2.05) is 6.08 Å². The summed E-state index contributed by atoms with van der Waals surface area (Å²) in [4.78, 5) is 23.7. The number of carbonyl (C=O) groups is 2. The summed E-state index contributed by atoms with van der Waals surface area (Å²) in [6.07, 6.45) is 20.2. The van der Waals surface area contributed by atoms with Gasteiger partial charge >= 0.3 is 0 Å². The third-order valence-electron chi connectivity index (χ3n) is 5.27. The van der Waals surface area contributed by atoms with E-state index in [2.05, 4.69) is 11.9 Å². The summed E-state index contributed by atoms with van der Waals surface area (Å²) in [6, 6.07) is 0. The highest BCUT2D eigenvalue weighted by molar-refractivity contribution is 5.87. The topological polar surface area (TPSA) is 46.2 Å². The maximum atomic E-state index is 12.2. The fourth-order valence-electron chi connectivity index (χ4n) is 3.63. The molecule has 1 heterocycles. The predicted molar refractivity (Wildman–Crippen MR) is 106 cm³/mol. The molecule has 0 saturated carbocycles. The Morgan fingerprint density at radius 3 is 2.12 bits per heavy atom. The summed E-state index contributed by atoms with van der Waals surface area (Å²) in [5.74, 6) is 0.346. The molecule has 1 fully saturated rings. The second-order valence-electron chi connectivity index (χ2n) is 7.58. The molecule has 3 heteroatoms. The van der Waals surface area contributed by atoms with E-state index in [0.29, 0.717) is 18.6 Å². The largest absolute Gasteiger partial charge is 0.356 e. The zero-order valence-electron chi connectivity index (χ0n) is 16.2. The Morgan fingerprint density at radius 2 is 1.52 bits per heavy atom. The first-order chi connectivity index (χ1) is 12.2. The fraction of sp³-hybridized carbons (Fsp3) is 0.818. The number of carbonyl (C=O) groups excluding carboxylic acids is 2. The average Bonchev–Trinajstić information content (AvgIpc) is 2.83. The van der Waals surface area contributed by atoms with E-state index >= 15 is 0 Å². The molecule has 1 N–H and O–H groups in total. The molecule has 144 valence electrons. The van der Waals surface area contributed by atoms with Crippen molar-refractivity contribution in [1.82, 2.24) is 5.32 Å². The molecule has 25 heavy (non-hydrogen) atoms. The van der Waals surface area contributed by atoms with Crippen molar-refractivity contribution in [2.24, 2.45) is 5.92 Å². The molecule has 1 saturated heterocycles. The van der Waals surface area contributed by atoms with E-state index in [1.54, 1.807) is 0 Å². The van der Waals surface area contributed by atoms with Gasteiger partial charge in [-0.3, -0.25) is 9.59 Å². The Hall–Kier alpha value is -1.12. The maximum absolute atomic E-state index is 12.2. The summed E-state index contributed by atoms with van der Waals surface area (Å²) in [7, 11) is 0. The molecule has 0 aromatic heterocycles. The van der Waals surface area contributed by atoms with Crippen LogP contribution in [0.1, 0.15) is 103 Å². The van der Waals surface area contributed by atoms with Crippen molar-refractivity contribution in [3.8, 4) is 0 Å². The normalized spacial score (nSPS) is 17.8. The zero-order chi connectivity index (χ0) is 18.2. The van der Waals surface area contributed by atoms with Crippen LogP contribution in [0.5, 0.6) is 0 Å². The number of amides is 1. The van der Waals surface area contributed by atoms with Gasteiger partial charge in [0.05, 0.1) is 0 Å². The maximum Gasteiger partial charge on any atom is 0.220 e. The van der Waals surface area contributed by atoms with Crippen LogP contribution in [0.15, 0.2) is 12.7 Å². The van der Waals surface area contributed by atoms with Crippen LogP contribution in [0, 0.1) is 5.92 Å². The van der Waals surface area contributed by atoms with Gasteiger partial charge in [0.2, 0.25) is 5.91 Å². The molecule has 1 aliphatic rings. The molecule has 0 aromatic carbocycles. The zero-order valence-corrected chi connectivity index (χ0v) is 16.2. The van der Waals surface area contributed by atoms with Crippen LogP contribution in [0.2, 0.25) is 0 Å². The van der Waals surface area contributed by atoms with Crippen molar-refractivity contribution in [3.63, 3.8) is 0 Å². The van der Waals surface area contributed by atoms with E-state index in [9.17, 15) is 9.59 Å². The molecule has 0 radical (unpaired) electrons. The minimum atomic E-state index is -0.0195. The molecule has 0 aliphatic carbocycles. The number of nitrogens with one attached hydrogen (secondary N) is 1. The Balaban J connectivity index is 1.87. The molecule has 1 amide bonds. The van der Waals surface area contributed by atoms with Crippen molar-refractivity contribution in [2.45, 2.75) is 103 Å². The molecule has 3 nitrogen and oxygen atoms in total. The molecule has 0 spiro atoms. The van der Waals surface area contributed by atoms with Crippen molar-refractivity contribution in [3.05, 3.63) is 12.7 Å². The SMILES string of the molecule is C=CCCCCCCCCCCCCCC(=O)C1CCCNC(=O)C1. The summed E-state index contributed by atoms with van der Waals surface area (Å²) in [5, 5.41) is 2.85. The Bertz CT molecular complexity index is 378. The number of hydrogen-bond donors (Lipinski definition) is 1. The number of ketones is 1. The van der Waals surface area contributed by atoms with Crippen LogP contribution < -0.4 is 5.32 Å². The number of Topliss-reactive ketones (excluding diaryl/α,β-unsaturated/α-hetero) is 1. The Kier molecular flexibility index (Phi) is 13.3.